The molecular weight excluding hydrogens is 356 g/mol. The summed E-state index contributed by atoms with van der Waals surface area (Å²) in [7, 11) is 3.25. The molecule has 3 rings (SSSR count). The largest absolute Gasteiger partial charge is 0.497 e. The molecule has 1 fully saturated rings. The Morgan fingerprint density at radius 3 is 1.96 bits per heavy atom. The van der Waals surface area contributed by atoms with Crippen LogP contribution in [0.25, 0.3) is 0 Å². The van der Waals surface area contributed by atoms with Gasteiger partial charge >= 0.3 is 0 Å². The van der Waals surface area contributed by atoms with Gasteiger partial charge in [0.1, 0.15) is 17.5 Å². The van der Waals surface area contributed by atoms with Crippen LogP contribution in [0.2, 0.25) is 0 Å². The van der Waals surface area contributed by atoms with Crippen LogP contribution >= 0.6 is 0 Å². The van der Waals surface area contributed by atoms with Crippen LogP contribution in [-0.4, -0.2) is 43.1 Å². The van der Waals surface area contributed by atoms with Crippen LogP contribution in [0.15, 0.2) is 53.6 Å². The van der Waals surface area contributed by atoms with Gasteiger partial charge in [-0.15, -0.1) is 0 Å². The fourth-order valence-electron chi connectivity index (χ4n) is 3.01. The van der Waals surface area contributed by atoms with E-state index in [1.54, 1.807) is 20.4 Å². The van der Waals surface area contributed by atoms with Crippen molar-refractivity contribution in [1.29, 1.82) is 0 Å². The van der Waals surface area contributed by atoms with E-state index in [1.807, 2.05) is 69.3 Å². The molecular formula is C22H26N2O4. The highest BCUT2D eigenvalue weighted by Crippen LogP contribution is 2.39. The molecule has 6 heteroatoms. The zero-order chi connectivity index (χ0) is 20.3. The van der Waals surface area contributed by atoms with Crippen molar-refractivity contribution in [3.63, 3.8) is 0 Å². The highest BCUT2D eigenvalue weighted by Gasteiger charge is 2.51. The Bertz CT molecular complexity index is 838. The number of methoxy groups -OCH3 is 2. The van der Waals surface area contributed by atoms with Crippen molar-refractivity contribution in [2.45, 2.75) is 38.5 Å². The molecule has 2 aromatic rings. The topological polar surface area (TPSA) is 60.4 Å². The van der Waals surface area contributed by atoms with Crippen LogP contribution in [0.1, 0.15) is 37.9 Å². The van der Waals surface area contributed by atoms with Crippen molar-refractivity contribution in [1.82, 2.24) is 5.01 Å². The molecule has 0 N–H and O–H groups in total. The van der Waals surface area contributed by atoms with Crippen molar-refractivity contribution in [3.8, 4) is 11.5 Å². The Morgan fingerprint density at radius 1 is 0.929 bits per heavy atom. The van der Waals surface area contributed by atoms with Gasteiger partial charge < -0.3 is 14.2 Å². The number of β-lactam (4-membered cyclic amide) rings is 1. The summed E-state index contributed by atoms with van der Waals surface area (Å²) in [5.74, 6) is 1.38. The fourth-order valence-corrected chi connectivity index (χ4v) is 3.01. The number of carbonyl (C=O) groups excluding carboxylic acids is 1. The van der Waals surface area contributed by atoms with Crippen molar-refractivity contribution in [2.75, 3.05) is 14.2 Å². The molecule has 1 amide bonds. The van der Waals surface area contributed by atoms with Gasteiger partial charge in [-0.1, -0.05) is 12.1 Å². The summed E-state index contributed by atoms with van der Waals surface area (Å²) in [5.41, 5.74) is 1.39. The highest BCUT2D eigenvalue weighted by molar-refractivity contribution is 5.90. The second kappa shape index (κ2) is 8.02. The van der Waals surface area contributed by atoms with E-state index in [0.717, 1.165) is 22.6 Å². The summed E-state index contributed by atoms with van der Waals surface area (Å²) in [6.45, 7) is 5.82. The normalized spacial score (nSPS) is 19.6. The van der Waals surface area contributed by atoms with Crippen molar-refractivity contribution in [3.05, 3.63) is 59.7 Å². The van der Waals surface area contributed by atoms with Crippen molar-refractivity contribution >= 4 is 12.1 Å². The third kappa shape index (κ3) is 4.34. The van der Waals surface area contributed by atoms with Gasteiger partial charge in [0.2, 0.25) is 0 Å². The Morgan fingerprint density at radius 2 is 1.46 bits per heavy atom. The predicted molar refractivity (Wildman–Crippen MR) is 108 cm³/mol. The summed E-state index contributed by atoms with van der Waals surface area (Å²) in [5, 5.41) is 5.90. The van der Waals surface area contributed by atoms with E-state index in [0.29, 0.717) is 0 Å². The lowest BCUT2D eigenvalue weighted by molar-refractivity contribution is -0.191. The van der Waals surface area contributed by atoms with E-state index in [4.69, 9.17) is 14.2 Å². The molecule has 1 aliphatic rings. The van der Waals surface area contributed by atoms with Crippen LogP contribution < -0.4 is 9.47 Å². The Hall–Kier alpha value is -2.86. The van der Waals surface area contributed by atoms with Crippen molar-refractivity contribution < 1.29 is 19.0 Å². The van der Waals surface area contributed by atoms with E-state index in [2.05, 4.69) is 5.10 Å². The number of nitrogens with zero attached hydrogens (tertiary/aromatic N) is 2. The average molecular weight is 382 g/mol. The molecule has 28 heavy (non-hydrogen) atoms. The standard InChI is InChI=1S/C22H26N2O4/c1-22(2,3)28-20-19(16-8-12-18(27-5)13-9-16)24(21(20)25)23-14-15-6-10-17(26-4)11-7-15/h6-14,19-20H,1-5H3/b23-14+/t19-,20+/m1/s1. The van der Waals surface area contributed by atoms with Gasteiger partial charge in [0.05, 0.1) is 26.0 Å². The number of hydrogen-bond acceptors (Lipinski definition) is 5. The average Bonchev–Trinajstić information content (AvgIpc) is 2.69. The molecule has 0 saturated carbocycles. The van der Waals surface area contributed by atoms with Crippen LogP contribution in [0.5, 0.6) is 11.5 Å². The van der Waals surface area contributed by atoms with Crippen LogP contribution in [-0.2, 0) is 9.53 Å². The second-order valence-corrected chi connectivity index (χ2v) is 7.57. The first-order chi connectivity index (χ1) is 13.3. The molecule has 0 radical (unpaired) electrons. The minimum atomic E-state index is -0.568. The number of carbonyl (C=O) groups is 1. The quantitative estimate of drug-likeness (QED) is 0.563. The maximum absolute atomic E-state index is 12.7. The maximum Gasteiger partial charge on any atom is 0.275 e. The summed E-state index contributed by atoms with van der Waals surface area (Å²) >= 11 is 0. The molecule has 2 atom stereocenters. The number of rotatable bonds is 6. The molecule has 1 heterocycles. The third-order valence-electron chi connectivity index (χ3n) is 4.40. The second-order valence-electron chi connectivity index (χ2n) is 7.57. The van der Waals surface area contributed by atoms with E-state index in [-0.39, 0.29) is 11.9 Å². The fraction of sp³-hybridized carbons (Fsp3) is 0.364. The zero-order valence-electron chi connectivity index (χ0n) is 16.9. The zero-order valence-corrected chi connectivity index (χ0v) is 16.9. The minimum absolute atomic E-state index is 0.152. The summed E-state index contributed by atoms with van der Waals surface area (Å²) in [6, 6.07) is 14.8. The van der Waals surface area contributed by atoms with Crippen molar-refractivity contribution in [2.24, 2.45) is 5.10 Å². The number of ether oxygens (including phenoxy) is 3. The van der Waals surface area contributed by atoms with E-state index >= 15 is 0 Å². The summed E-state index contributed by atoms with van der Waals surface area (Å²) < 4.78 is 16.4. The lowest BCUT2D eigenvalue weighted by atomic mass is 9.92. The molecule has 0 aromatic heterocycles. The highest BCUT2D eigenvalue weighted by atomic mass is 16.5. The molecule has 148 valence electrons. The first-order valence-corrected chi connectivity index (χ1v) is 9.15. The summed E-state index contributed by atoms with van der Waals surface area (Å²) in [4.78, 5) is 12.7. The smallest absolute Gasteiger partial charge is 0.275 e. The van der Waals surface area contributed by atoms with Gasteiger partial charge in [0.15, 0.2) is 6.10 Å². The Balaban J connectivity index is 1.84. The van der Waals surface area contributed by atoms with E-state index < -0.39 is 11.7 Å². The van der Waals surface area contributed by atoms with E-state index in [1.165, 1.54) is 5.01 Å². The molecule has 1 aliphatic heterocycles. The monoisotopic (exact) mass is 382 g/mol. The lowest BCUT2D eigenvalue weighted by Crippen LogP contribution is -2.59. The van der Waals surface area contributed by atoms with E-state index in [9.17, 15) is 4.79 Å². The number of benzene rings is 2. The molecule has 6 nitrogen and oxygen atoms in total. The van der Waals surface area contributed by atoms with Gasteiger partial charge in [0.25, 0.3) is 5.91 Å². The van der Waals surface area contributed by atoms with Gasteiger partial charge in [-0.3, -0.25) is 4.79 Å². The minimum Gasteiger partial charge on any atom is -0.497 e. The number of hydrazone groups is 1. The molecule has 0 unspecified atom stereocenters. The van der Waals surface area contributed by atoms with Gasteiger partial charge in [-0.25, -0.2) is 5.01 Å². The molecule has 0 spiro atoms. The maximum atomic E-state index is 12.7. The van der Waals surface area contributed by atoms with Gasteiger partial charge in [-0.05, 0) is 68.3 Å². The number of amides is 1. The SMILES string of the molecule is COc1ccc(/C=N/N2C(=O)[C@@H](OC(C)(C)C)[C@H]2c2ccc(OC)cc2)cc1. The molecule has 0 bridgehead atoms. The Kier molecular flexibility index (Phi) is 5.70. The lowest BCUT2D eigenvalue weighted by Gasteiger charge is -2.45. The molecule has 0 aliphatic carbocycles. The van der Waals surface area contributed by atoms with Crippen LogP contribution in [0, 0.1) is 0 Å². The summed E-state index contributed by atoms with van der Waals surface area (Å²) in [6.07, 6.45) is 1.10. The van der Waals surface area contributed by atoms with Crippen LogP contribution in [0.4, 0.5) is 0 Å². The first kappa shape index (κ1) is 19.9. The number of hydrogen-bond donors (Lipinski definition) is 0. The third-order valence-corrected chi connectivity index (χ3v) is 4.40. The van der Waals surface area contributed by atoms with Crippen LogP contribution in [0.3, 0.4) is 0 Å². The predicted octanol–water partition coefficient (Wildman–Crippen LogP) is 3.80. The molecule has 1 saturated heterocycles. The molecule has 2 aromatic carbocycles. The Labute approximate surface area is 165 Å². The first-order valence-electron chi connectivity index (χ1n) is 9.15. The van der Waals surface area contributed by atoms with Gasteiger partial charge in [0, 0.05) is 0 Å². The van der Waals surface area contributed by atoms with Gasteiger partial charge in [-0.2, -0.15) is 5.10 Å².